The SMILES string of the molecule is Nc1ccc2c(=O)c3cc(N)ccc3sc2c1. The van der Waals surface area contributed by atoms with E-state index in [4.69, 9.17) is 11.5 Å². The van der Waals surface area contributed by atoms with Crippen LogP contribution in [0.15, 0.2) is 41.2 Å². The molecule has 4 N–H and O–H groups in total. The molecule has 3 rings (SSSR count). The van der Waals surface area contributed by atoms with E-state index in [1.165, 1.54) is 0 Å². The van der Waals surface area contributed by atoms with Crippen LogP contribution in [0.25, 0.3) is 20.2 Å². The van der Waals surface area contributed by atoms with Crippen molar-refractivity contribution in [1.29, 1.82) is 0 Å². The van der Waals surface area contributed by atoms with Crippen molar-refractivity contribution in [3.63, 3.8) is 0 Å². The van der Waals surface area contributed by atoms with Crippen molar-refractivity contribution in [3.05, 3.63) is 46.6 Å². The lowest BCUT2D eigenvalue weighted by molar-refractivity contribution is 1.72. The molecule has 17 heavy (non-hydrogen) atoms. The Bertz CT molecular complexity index is 792. The first-order valence-electron chi connectivity index (χ1n) is 5.17. The maximum Gasteiger partial charge on any atom is 0.195 e. The molecule has 0 saturated heterocycles. The molecule has 0 fully saturated rings. The maximum absolute atomic E-state index is 12.3. The van der Waals surface area contributed by atoms with Gasteiger partial charge >= 0.3 is 0 Å². The van der Waals surface area contributed by atoms with Crippen LogP contribution in [-0.2, 0) is 0 Å². The van der Waals surface area contributed by atoms with E-state index < -0.39 is 0 Å². The molecule has 0 atom stereocenters. The molecule has 2 aromatic carbocycles. The second-order valence-electron chi connectivity index (χ2n) is 3.94. The second kappa shape index (κ2) is 3.46. The van der Waals surface area contributed by atoms with Crippen molar-refractivity contribution in [1.82, 2.24) is 0 Å². The van der Waals surface area contributed by atoms with Gasteiger partial charge in [-0.15, -0.1) is 11.3 Å². The van der Waals surface area contributed by atoms with Gasteiger partial charge in [0.15, 0.2) is 5.43 Å². The van der Waals surface area contributed by atoms with E-state index in [-0.39, 0.29) is 5.43 Å². The quantitative estimate of drug-likeness (QED) is 0.470. The fourth-order valence-corrected chi connectivity index (χ4v) is 2.99. The predicted molar refractivity (Wildman–Crippen MR) is 74.4 cm³/mol. The Hall–Kier alpha value is -2.07. The van der Waals surface area contributed by atoms with Crippen molar-refractivity contribution in [2.24, 2.45) is 0 Å². The van der Waals surface area contributed by atoms with Crippen LogP contribution < -0.4 is 16.9 Å². The van der Waals surface area contributed by atoms with Crippen molar-refractivity contribution >= 4 is 42.9 Å². The number of fused-ring (bicyclic) bond motifs is 2. The normalized spacial score (nSPS) is 11.1. The van der Waals surface area contributed by atoms with Gasteiger partial charge in [-0.3, -0.25) is 4.79 Å². The van der Waals surface area contributed by atoms with E-state index in [0.717, 1.165) is 9.40 Å². The highest BCUT2D eigenvalue weighted by Crippen LogP contribution is 2.27. The number of rotatable bonds is 0. The molecule has 0 amide bonds. The average Bonchev–Trinajstić information content (AvgIpc) is 2.30. The highest BCUT2D eigenvalue weighted by Gasteiger charge is 2.06. The van der Waals surface area contributed by atoms with Crippen LogP contribution in [0.4, 0.5) is 11.4 Å². The Morgan fingerprint density at radius 1 is 0.824 bits per heavy atom. The van der Waals surface area contributed by atoms with Gasteiger partial charge in [-0.05, 0) is 36.4 Å². The lowest BCUT2D eigenvalue weighted by Crippen LogP contribution is -2.02. The van der Waals surface area contributed by atoms with E-state index in [1.807, 2.05) is 12.1 Å². The molecule has 0 aliphatic heterocycles. The zero-order valence-corrected chi connectivity index (χ0v) is 9.75. The Kier molecular flexibility index (Phi) is 2.06. The van der Waals surface area contributed by atoms with Crippen molar-refractivity contribution in [2.45, 2.75) is 0 Å². The molecule has 0 aliphatic carbocycles. The molecular weight excluding hydrogens is 232 g/mol. The lowest BCUT2D eigenvalue weighted by Gasteiger charge is -2.02. The summed E-state index contributed by atoms with van der Waals surface area (Å²) < 4.78 is 1.84. The number of nitrogens with two attached hydrogens (primary N) is 2. The Balaban J connectivity index is 2.57. The second-order valence-corrected chi connectivity index (χ2v) is 5.03. The molecule has 3 aromatic rings. The summed E-state index contributed by atoms with van der Waals surface area (Å²) in [5, 5.41) is 1.37. The molecule has 0 saturated carbocycles. The Morgan fingerprint density at radius 2 is 1.53 bits per heavy atom. The first kappa shape index (κ1) is 10.1. The summed E-state index contributed by atoms with van der Waals surface area (Å²) in [6.45, 7) is 0. The van der Waals surface area contributed by atoms with Gasteiger partial charge in [0.2, 0.25) is 0 Å². The summed E-state index contributed by atoms with van der Waals surface area (Å²) in [5.74, 6) is 0. The number of benzene rings is 2. The van der Waals surface area contributed by atoms with Gasteiger partial charge in [-0.25, -0.2) is 0 Å². The minimum absolute atomic E-state index is 0.0149. The van der Waals surface area contributed by atoms with Crippen LogP contribution in [-0.4, -0.2) is 0 Å². The number of hydrogen-bond donors (Lipinski definition) is 2. The molecule has 1 heterocycles. The summed E-state index contributed by atoms with van der Waals surface area (Å²) in [7, 11) is 0. The number of hydrogen-bond acceptors (Lipinski definition) is 4. The van der Waals surface area contributed by atoms with Gasteiger partial charge in [0.1, 0.15) is 0 Å². The minimum atomic E-state index is 0.0149. The fourth-order valence-electron chi connectivity index (χ4n) is 1.89. The molecule has 3 nitrogen and oxygen atoms in total. The standard InChI is InChI=1S/C13H10N2OS/c14-7-2-4-11-10(5-7)13(16)9-3-1-8(15)6-12(9)17-11/h1-6H,14-15H2. The van der Waals surface area contributed by atoms with Gasteiger partial charge in [-0.1, -0.05) is 0 Å². The predicted octanol–water partition coefficient (Wildman–Crippen LogP) is 2.58. The van der Waals surface area contributed by atoms with E-state index in [0.29, 0.717) is 22.1 Å². The third kappa shape index (κ3) is 1.54. The molecule has 1 aromatic heterocycles. The van der Waals surface area contributed by atoms with Gasteiger partial charge in [-0.2, -0.15) is 0 Å². The highest BCUT2D eigenvalue weighted by molar-refractivity contribution is 7.24. The topological polar surface area (TPSA) is 69.1 Å². The van der Waals surface area contributed by atoms with E-state index in [9.17, 15) is 4.79 Å². The smallest absolute Gasteiger partial charge is 0.195 e. The van der Waals surface area contributed by atoms with Crippen LogP contribution in [0.1, 0.15) is 0 Å². The highest BCUT2D eigenvalue weighted by atomic mass is 32.1. The van der Waals surface area contributed by atoms with Gasteiger partial charge in [0.05, 0.1) is 0 Å². The number of nitrogen functional groups attached to an aromatic ring is 2. The van der Waals surface area contributed by atoms with E-state index >= 15 is 0 Å². The van der Waals surface area contributed by atoms with Crippen LogP contribution >= 0.6 is 11.3 Å². The van der Waals surface area contributed by atoms with Gasteiger partial charge < -0.3 is 11.5 Å². The average molecular weight is 242 g/mol. The minimum Gasteiger partial charge on any atom is -0.399 e. The maximum atomic E-state index is 12.3. The molecule has 4 heteroatoms. The monoisotopic (exact) mass is 242 g/mol. The molecular formula is C13H10N2OS. The van der Waals surface area contributed by atoms with Crippen molar-refractivity contribution in [2.75, 3.05) is 11.5 Å². The summed E-state index contributed by atoms with van der Waals surface area (Å²) in [6.07, 6.45) is 0. The summed E-state index contributed by atoms with van der Waals surface area (Å²) >= 11 is 1.55. The van der Waals surface area contributed by atoms with E-state index in [2.05, 4.69) is 0 Å². The lowest BCUT2D eigenvalue weighted by atomic mass is 10.1. The van der Waals surface area contributed by atoms with Crippen LogP contribution in [0.2, 0.25) is 0 Å². The molecule has 0 spiro atoms. The third-order valence-corrected chi connectivity index (χ3v) is 3.85. The van der Waals surface area contributed by atoms with Crippen LogP contribution in [0.3, 0.4) is 0 Å². The molecule has 0 aliphatic rings. The molecule has 0 bridgehead atoms. The largest absolute Gasteiger partial charge is 0.399 e. The molecule has 84 valence electrons. The van der Waals surface area contributed by atoms with Gasteiger partial charge in [0, 0.05) is 31.5 Å². The van der Waals surface area contributed by atoms with Crippen LogP contribution in [0.5, 0.6) is 0 Å². The van der Waals surface area contributed by atoms with Crippen LogP contribution in [0, 0.1) is 0 Å². The summed E-state index contributed by atoms with van der Waals surface area (Å²) in [6, 6.07) is 10.7. The Morgan fingerprint density at radius 3 is 2.35 bits per heavy atom. The zero-order valence-electron chi connectivity index (χ0n) is 8.94. The molecule has 0 unspecified atom stereocenters. The van der Waals surface area contributed by atoms with Gasteiger partial charge in [0.25, 0.3) is 0 Å². The van der Waals surface area contributed by atoms with Crippen molar-refractivity contribution < 1.29 is 0 Å². The Labute approximate surface area is 101 Å². The fraction of sp³-hybridized carbons (Fsp3) is 0. The first-order valence-corrected chi connectivity index (χ1v) is 5.98. The first-order chi connectivity index (χ1) is 8.15. The summed E-state index contributed by atoms with van der Waals surface area (Å²) in [5.41, 5.74) is 12.7. The third-order valence-electron chi connectivity index (χ3n) is 2.72. The summed E-state index contributed by atoms with van der Waals surface area (Å²) in [4.78, 5) is 12.3. The van der Waals surface area contributed by atoms with E-state index in [1.54, 1.807) is 35.6 Å². The number of anilines is 2. The molecule has 0 radical (unpaired) electrons. The van der Waals surface area contributed by atoms with Crippen molar-refractivity contribution in [3.8, 4) is 0 Å². The zero-order chi connectivity index (χ0) is 12.0.